The zero-order valence-corrected chi connectivity index (χ0v) is 12.8. The summed E-state index contributed by atoms with van der Waals surface area (Å²) in [5.41, 5.74) is 0.590. The molecule has 2 fully saturated rings. The Morgan fingerprint density at radius 2 is 1.91 bits per heavy atom. The number of nitrogens with one attached hydrogen (secondary N) is 1. The number of carbonyl (C=O) groups excluding carboxylic acids is 2. The normalized spacial score (nSPS) is 20.3. The molecule has 0 aromatic carbocycles. The SMILES string of the molecule is O=C(CN1CCN(C(=O)c2ccoc2)CC1)NC1CCCC1. The highest BCUT2D eigenvalue weighted by molar-refractivity contribution is 5.93. The van der Waals surface area contributed by atoms with Crippen LogP contribution in [0.15, 0.2) is 23.0 Å². The summed E-state index contributed by atoms with van der Waals surface area (Å²) < 4.78 is 4.95. The van der Waals surface area contributed by atoms with E-state index in [1.807, 2.05) is 4.90 Å². The Kier molecular flexibility index (Phi) is 4.77. The van der Waals surface area contributed by atoms with Crippen molar-refractivity contribution in [2.24, 2.45) is 0 Å². The van der Waals surface area contributed by atoms with Gasteiger partial charge in [0.1, 0.15) is 6.26 Å². The number of nitrogens with zero attached hydrogens (tertiary/aromatic N) is 2. The summed E-state index contributed by atoms with van der Waals surface area (Å²) in [7, 11) is 0. The molecule has 0 radical (unpaired) electrons. The third-order valence-electron chi connectivity index (χ3n) is 4.52. The van der Waals surface area contributed by atoms with Gasteiger partial charge in [0.15, 0.2) is 0 Å². The van der Waals surface area contributed by atoms with Crippen LogP contribution in [-0.2, 0) is 4.79 Å². The Labute approximate surface area is 130 Å². The minimum absolute atomic E-state index is 0.00353. The summed E-state index contributed by atoms with van der Waals surface area (Å²) in [5, 5.41) is 3.11. The van der Waals surface area contributed by atoms with E-state index in [2.05, 4.69) is 10.2 Å². The molecular weight excluding hydrogens is 282 g/mol. The standard InChI is InChI=1S/C16H23N3O3/c20-15(17-14-3-1-2-4-14)11-18-6-8-19(9-7-18)16(21)13-5-10-22-12-13/h5,10,12,14H,1-4,6-9,11H2,(H,17,20). The largest absolute Gasteiger partial charge is 0.472 e. The van der Waals surface area contributed by atoms with E-state index in [4.69, 9.17) is 4.42 Å². The van der Waals surface area contributed by atoms with Crippen molar-refractivity contribution in [2.75, 3.05) is 32.7 Å². The summed E-state index contributed by atoms with van der Waals surface area (Å²) in [6, 6.07) is 2.06. The van der Waals surface area contributed by atoms with Gasteiger partial charge in [-0.25, -0.2) is 0 Å². The lowest BCUT2D eigenvalue weighted by molar-refractivity contribution is -0.123. The van der Waals surface area contributed by atoms with Crippen molar-refractivity contribution >= 4 is 11.8 Å². The van der Waals surface area contributed by atoms with Crippen molar-refractivity contribution in [2.45, 2.75) is 31.7 Å². The molecule has 1 aliphatic heterocycles. The van der Waals surface area contributed by atoms with E-state index >= 15 is 0 Å². The maximum absolute atomic E-state index is 12.2. The summed E-state index contributed by atoms with van der Waals surface area (Å²) in [6.45, 7) is 3.22. The predicted molar refractivity (Wildman–Crippen MR) is 81.5 cm³/mol. The molecule has 2 aliphatic rings. The zero-order chi connectivity index (χ0) is 15.4. The second-order valence-electron chi connectivity index (χ2n) is 6.13. The molecule has 0 spiro atoms. The molecule has 1 aliphatic carbocycles. The van der Waals surface area contributed by atoms with Crippen molar-refractivity contribution in [1.82, 2.24) is 15.1 Å². The predicted octanol–water partition coefficient (Wildman–Crippen LogP) is 1.10. The number of hydrogen-bond acceptors (Lipinski definition) is 4. The number of amides is 2. The van der Waals surface area contributed by atoms with Crippen LogP contribution < -0.4 is 5.32 Å². The van der Waals surface area contributed by atoms with Gasteiger partial charge in [-0.05, 0) is 18.9 Å². The number of carbonyl (C=O) groups is 2. The Balaban J connectivity index is 1.41. The highest BCUT2D eigenvalue weighted by atomic mass is 16.3. The monoisotopic (exact) mass is 305 g/mol. The molecule has 6 nitrogen and oxygen atoms in total. The van der Waals surface area contributed by atoms with Crippen LogP contribution in [0.1, 0.15) is 36.0 Å². The quantitative estimate of drug-likeness (QED) is 0.904. The fourth-order valence-corrected chi connectivity index (χ4v) is 3.22. The molecule has 120 valence electrons. The van der Waals surface area contributed by atoms with Gasteiger partial charge in [0, 0.05) is 32.2 Å². The molecule has 6 heteroatoms. The third kappa shape index (κ3) is 3.68. The van der Waals surface area contributed by atoms with Crippen LogP contribution in [0.4, 0.5) is 0 Å². The lowest BCUT2D eigenvalue weighted by Crippen LogP contribution is -2.51. The lowest BCUT2D eigenvalue weighted by Gasteiger charge is -2.34. The average molecular weight is 305 g/mol. The first-order valence-corrected chi connectivity index (χ1v) is 8.05. The minimum Gasteiger partial charge on any atom is -0.472 e. The average Bonchev–Trinajstić information content (AvgIpc) is 3.20. The summed E-state index contributed by atoms with van der Waals surface area (Å²) in [5.74, 6) is 0.116. The van der Waals surface area contributed by atoms with E-state index in [0.717, 1.165) is 25.9 Å². The van der Waals surface area contributed by atoms with Gasteiger partial charge in [0.2, 0.25) is 5.91 Å². The molecule has 2 amide bonds. The number of piperazine rings is 1. The maximum Gasteiger partial charge on any atom is 0.257 e. The molecule has 0 bridgehead atoms. The van der Waals surface area contributed by atoms with Crippen molar-refractivity contribution in [3.05, 3.63) is 24.2 Å². The fourth-order valence-electron chi connectivity index (χ4n) is 3.22. The highest BCUT2D eigenvalue weighted by Crippen LogP contribution is 2.17. The van der Waals surface area contributed by atoms with Gasteiger partial charge >= 0.3 is 0 Å². The van der Waals surface area contributed by atoms with Crippen LogP contribution in [0.5, 0.6) is 0 Å². The van der Waals surface area contributed by atoms with E-state index in [0.29, 0.717) is 31.2 Å². The third-order valence-corrected chi connectivity index (χ3v) is 4.52. The molecule has 1 N–H and O–H groups in total. The maximum atomic E-state index is 12.2. The molecule has 3 rings (SSSR count). The molecule has 1 saturated heterocycles. The van der Waals surface area contributed by atoms with Crippen molar-refractivity contribution in [3.63, 3.8) is 0 Å². The van der Waals surface area contributed by atoms with E-state index < -0.39 is 0 Å². The number of rotatable bonds is 4. The summed E-state index contributed by atoms with van der Waals surface area (Å²) in [6.07, 6.45) is 7.65. The second-order valence-corrected chi connectivity index (χ2v) is 6.13. The first-order valence-electron chi connectivity index (χ1n) is 8.05. The molecule has 1 saturated carbocycles. The van der Waals surface area contributed by atoms with E-state index in [-0.39, 0.29) is 11.8 Å². The Hall–Kier alpha value is -1.82. The van der Waals surface area contributed by atoms with Crippen molar-refractivity contribution < 1.29 is 14.0 Å². The first-order chi connectivity index (χ1) is 10.7. The Morgan fingerprint density at radius 3 is 2.55 bits per heavy atom. The van der Waals surface area contributed by atoms with E-state index in [1.54, 1.807) is 6.07 Å². The number of furan rings is 1. The van der Waals surface area contributed by atoms with Crippen LogP contribution in [0.2, 0.25) is 0 Å². The van der Waals surface area contributed by atoms with Crippen molar-refractivity contribution in [1.29, 1.82) is 0 Å². The van der Waals surface area contributed by atoms with Gasteiger partial charge in [0.05, 0.1) is 18.4 Å². The Morgan fingerprint density at radius 1 is 1.18 bits per heavy atom. The van der Waals surface area contributed by atoms with Gasteiger partial charge < -0.3 is 14.6 Å². The van der Waals surface area contributed by atoms with Crippen LogP contribution >= 0.6 is 0 Å². The minimum atomic E-state index is 0.00353. The van der Waals surface area contributed by atoms with Crippen LogP contribution in [0.25, 0.3) is 0 Å². The molecule has 2 heterocycles. The van der Waals surface area contributed by atoms with Crippen LogP contribution in [-0.4, -0.2) is 60.4 Å². The van der Waals surface area contributed by atoms with Crippen molar-refractivity contribution in [3.8, 4) is 0 Å². The molecule has 22 heavy (non-hydrogen) atoms. The fraction of sp³-hybridized carbons (Fsp3) is 0.625. The molecule has 1 aromatic rings. The van der Waals surface area contributed by atoms with Crippen LogP contribution in [0.3, 0.4) is 0 Å². The van der Waals surface area contributed by atoms with Gasteiger partial charge in [-0.15, -0.1) is 0 Å². The second kappa shape index (κ2) is 6.96. The topological polar surface area (TPSA) is 65.8 Å². The summed E-state index contributed by atoms with van der Waals surface area (Å²) in [4.78, 5) is 28.1. The first kappa shape index (κ1) is 15.1. The van der Waals surface area contributed by atoms with E-state index in [1.165, 1.54) is 25.4 Å². The molecule has 0 atom stereocenters. The molecule has 0 unspecified atom stereocenters. The van der Waals surface area contributed by atoms with Gasteiger partial charge in [0.25, 0.3) is 5.91 Å². The van der Waals surface area contributed by atoms with Gasteiger partial charge in [-0.3, -0.25) is 14.5 Å². The van der Waals surface area contributed by atoms with Gasteiger partial charge in [-0.2, -0.15) is 0 Å². The van der Waals surface area contributed by atoms with Gasteiger partial charge in [-0.1, -0.05) is 12.8 Å². The summed E-state index contributed by atoms with van der Waals surface area (Å²) >= 11 is 0. The lowest BCUT2D eigenvalue weighted by atomic mass is 10.2. The van der Waals surface area contributed by atoms with Crippen LogP contribution in [0, 0.1) is 0 Å². The molecule has 1 aromatic heterocycles. The van der Waals surface area contributed by atoms with E-state index in [9.17, 15) is 9.59 Å². The highest BCUT2D eigenvalue weighted by Gasteiger charge is 2.24. The molecular formula is C16H23N3O3. The zero-order valence-electron chi connectivity index (χ0n) is 12.8. The number of hydrogen-bond donors (Lipinski definition) is 1. The Bertz CT molecular complexity index is 501. The smallest absolute Gasteiger partial charge is 0.257 e.